The van der Waals surface area contributed by atoms with E-state index in [1.807, 2.05) is 18.3 Å². The first-order valence-corrected chi connectivity index (χ1v) is 12.0. The zero-order chi connectivity index (χ0) is 22.8. The van der Waals surface area contributed by atoms with Crippen molar-refractivity contribution in [2.75, 3.05) is 51.0 Å². The van der Waals surface area contributed by atoms with Gasteiger partial charge in [0.25, 0.3) is 0 Å². The highest BCUT2D eigenvalue weighted by Crippen LogP contribution is 2.35. The van der Waals surface area contributed by atoms with Gasteiger partial charge in [0.15, 0.2) is 0 Å². The highest BCUT2D eigenvalue weighted by molar-refractivity contribution is 5.77. The van der Waals surface area contributed by atoms with Gasteiger partial charge >= 0.3 is 0 Å². The van der Waals surface area contributed by atoms with Crippen molar-refractivity contribution in [3.63, 3.8) is 0 Å². The third-order valence-corrected chi connectivity index (χ3v) is 7.10. The number of fused-ring (bicyclic) bond motifs is 1. The van der Waals surface area contributed by atoms with E-state index in [-0.39, 0.29) is 0 Å². The van der Waals surface area contributed by atoms with E-state index in [4.69, 9.17) is 15.2 Å². The molecular formula is C25H34N6O2. The van der Waals surface area contributed by atoms with E-state index in [1.165, 1.54) is 37.8 Å². The van der Waals surface area contributed by atoms with Gasteiger partial charge in [0.1, 0.15) is 17.1 Å². The van der Waals surface area contributed by atoms with Crippen LogP contribution in [0.25, 0.3) is 11.0 Å². The quantitative estimate of drug-likeness (QED) is 0.611. The minimum atomic E-state index is 0.353. The van der Waals surface area contributed by atoms with Crippen molar-refractivity contribution in [2.45, 2.75) is 44.7 Å². The molecule has 2 aromatic heterocycles. The van der Waals surface area contributed by atoms with Crippen molar-refractivity contribution in [3.8, 4) is 11.5 Å². The highest BCUT2D eigenvalue weighted by Gasteiger charge is 2.25. The summed E-state index contributed by atoms with van der Waals surface area (Å²) in [6, 6.07) is 8.82. The second-order valence-electron chi connectivity index (χ2n) is 9.11. The number of nitrogen functional groups attached to an aromatic ring is 1. The fourth-order valence-corrected chi connectivity index (χ4v) is 5.37. The van der Waals surface area contributed by atoms with Crippen LogP contribution in [0.4, 0.5) is 11.6 Å². The average Bonchev–Trinajstić information content (AvgIpc) is 3.21. The van der Waals surface area contributed by atoms with Crippen LogP contribution in [0.2, 0.25) is 0 Å². The predicted molar refractivity (Wildman–Crippen MR) is 131 cm³/mol. The first-order chi connectivity index (χ1) is 16.2. The predicted octanol–water partition coefficient (Wildman–Crippen LogP) is 3.86. The molecule has 3 heterocycles. The van der Waals surface area contributed by atoms with Gasteiger partial charge < -0.3 is 24.7 Å². The first-order valence-electron chi connectivity index (χ1n) is 12.0. The summed E-state index contributed by atoms with van der Waals surface area (Å²) in [5, 5.41) is 1.09. The van der Waals surface area contributed by atoms with Gasteiger partial charge in [-0.25, -0.2) is 4.98 Å². The Bertz CT molecular complexity index is 1100. The van der Waals surface area contributed by atoms with E-state index < -0.39 is 0 Å². The standard InChI is InChI=1S/C25H34N6O2/c1-32-21-8-9-22(23(15-21)33-2)30-12-10-29(11-13-30)17-20-14-18-16-27-25(26)28-24(18)31(20)19-6-4-3-5-7-19/h8-9,14-16,19H,3-7,10-13,17H2,1-2H3,(H2,26,27,28). The Balaban J connectivity index is 1.33. The Labute approximate surface area is 195 Å². The molecule has 0 spiro atoms. The smallest absolute Gasteiger partial charge is 0.221 e. The van der Waals surface area contributed by atoms with Crippen molar-refractivity contribution in [1.29, 1.82) is 0 Å². The van der Waals surface area contributed by atoms with Crippen molar-refractivity contribution >= 4 is 22.7 Å². The lowest BCUT2D eigenvalue weighted by molar-refractivity contribution is 0.237. The number of aromatic nitrogens is 3. The monoisotopic (exact) mass is 450 g/mol. The molecule has 1 saturated heterocycles. The highest BCUT2D eigenvalue weighted by atomic mass is 16.5. The van der Waals surface area contributed by atoms with Crippen molar-refractivity contribution in [3.05, 3.63) is 36.2 Å². The van der Waals surface area contributed by atoms with Gasteiger partial charge in [-0.3, -0.25) is 4.90 Å². The third-order valence-electron chi connectivity index (χ3n) is 7.10. The summed E-state index contributed by atoms with van der Waals surface area (Å²) in [6.45, 7) is 4.82. The molecule has 8 heteroatoms. The lowest BCUT2D eigenvalue weighted by atomic mass is 9.95. The van der Waals surface area contributed by atoms with Crippen LogP contribution in [0.5, 0.6) is 11.5 Å². The van der Waals surface area contributed by atoms with Crippen LogP contribution in [0.3, 0.4) is 0 Å². The first kappa shape index (κ1) is 21.8. The van der Waals surface area contributed by atoms with Gasteiger partial charge in [-0.2, -0.15) is 4.98 Å². The Kier molecular flexibility index (Phi) is 6.26. The van der Waals surface area contributed by atoms with E-state index in [1.54, 1.807) is 14.2 Å². The molecule has 2 N–H and O–H groups in total. The second kappa shape index (κ2) is 9.47. The van der Waals surface area contributed by atoms with Gasteiger partial charge in [-0.05, 0) is 31.0 Å². The Morgan fingerprint density at radius 2 is 1.79 bits per heavy atom. The number of anilines is 2. The van der Waals surface area contributed by atoms with E-state index >= 15 is 0 Å². The van der Waals surface area contributed by atoms with Gasteiger partial charge in [-0.15, -0.1) is 0 Å². The van der Waals surface area contributed by atoms with Crippen molar-refractivity contribution in [2.24, 2.45) is 0 Å². The molecule has 0 atom stereocenters. The number of benzene rings is 1. The van der Waals surface area contributed by atoms with Crippen LogP contribution < -0.4 is 20.1 Å². The summed E-state index contributed by atoms with van der Waals surface area (Å²) in [7, 11) is 3.40. The molecule has 33 heavy (non-hydrogen) atoms. The molecule has 1 aliphatic heterocycles. The van der Waals surface area contributed by atoms with Gasteiger partial charge in [-0.1, -0.05) is 19.3 Å². The third kappa shape index (κ3) is 4.44. The van der Waals surface area contributed by atoms with Crippen LogP contribution in [0, 0.1) is 0 Å². The molecule has 2 fully saturated rings. The summed E-state index contributed by atoms with van der Waals surface area (Å²) < 4.78 is 13.4. The Morgan fingerprint density at radius 1 is 1.00 bits per heavy atom. The molecule has 5 rings (SSSR count). The minimum Gasteiger partial charge on any atom is -0.497 e. The van der Waals surface area contributed by atoms with E-state index in [0.717, 1.165) is 60.9 Å². The maximum atomic E-state index is 5.96. The normalized spacial score (nSPS) is 18.1. The minimum absolute atomic E-state index is 0.353. The average molecular weight is 451 g/mol. The second-order valence-corrected chi connectivity index (χ2v) is 9.11. The Morgan fingerprint density at radius 3 is 2.52 bits per heavy atom. The van der Waals surface area contributed by atoms with Crippen LogP contribution >= 0.6 is 0 Å². The lowest BCUT2D eigenvalue weighted by Gasteiger charge is -2.37. The number of hydrogen-bond acceptors (Lipinski definition) is 7. The maximum absolute atomic E-state index is 5.96. The molecule has 2 aliphatic rings. The summed E-state index contributed by atoms with van der Waals surface area (Å²) in [5.74, 6) is 2.02. The molecule has 176 valence electrons. The van der Waals surface area contributed by atoms with Crippen LogP contribution in [-0.2, 0) is 6.54 Å². The number of nitrogens with two attached hydrogens (primary N) is 1. The fraction of sp³-hybridized carbons (Fsp3) is 0.520. The maximum Gasteiger partial charge on any atom is 0.221 e. The number of rotatable bonds is 6. The molecule has 1 saturated carbocycles. The van der Waals surface area contributed by atoms with Crippen LogP contribution in [0.1, 0.15) is 43.8 Å². The molecule has 0 bridgehead atoms. The van der Waals surface area contributed by atoms with Crippen LogP contribution in [0.15, 0.2) is 30.5 Å². The summed E-state index contributed by atoms with van der Waals surface area (Å²) in [5.41, 5.74) is 9.40. The lowest BCUT2D eigenvalue weighted by Crippen LogP contribution is -2.46. The van der Waals surface area contributed by atoms with E-state index in [2.05, 4.69) is 36.5 Å². The molecule has 0 amide bonds. The molecule has 1 aliphatic carbocycles. The van der Waals surface area contributed by atoms with Crippen molar-refractivity contribution in [1.82, 2.24) is 19.4 Å². The van der Waals surface area contributed by atoms with Crippen LogP contribution in [-0.4, -0.2) is 59.8 Å². The number of hydrogen-bond donors (Lipinski definition) is 1. The number of nitrogens with zero attached hydrogens (tertiary/aromatic N) is 5. The SMILES string of the molecule is COc1ccc(N2CCN(Cc3cc4cnc(N)nc4n3C3CCCCC3)CC2)c(OC)c1. The molecule has 8 nitrogen and oxygen atoms in total. The summed E-state index contributed by atoms with van der Waals surface area (Å²) in [4.78, 5) is 13.8. The molecule has 1 aromatic carbocycles. The topological polar surface area (TPSA) is 81.7 Å². The van der Waals surface area contributed by atoms with E-state index in [9.17, 15) is 0 Å². The summed E-state index contributed by atoms with van der Waals surface area (Å²) in [6.07, 6.45) is 8.20. The van der Waals surface area contributed by atoms with Gasteiger partial charge in [0.05, 0.1) is 19.9 Å². The Hall–Kier alpha value is -3.00. The fourth-order valence-electron chi connectivity index (χ4n) is 5.37. The van der Waals surface area contributed by atoms with Crippen molar-refractivity contribution < 1.29 is 9.47 Å². The number of piperazine rings is 1. The van der Waals surface area contributed by atoms with Gasteiger partial charge in [0.2, 0.25) is 5.95 Å². The van der Waals surface area contributed by atoms with Gasteiger partial charge in [0, 0.05) is 62.1 Å². The zero-order valence-electron chi connectivity index (χ0n) is 19.7. The number of ether oxygens (including phenoxy) is 2. The largest absolute Gasteiger partial charge is 0.497 e. The van der Waals surface area contributed by atoms with E-state index in [0.29, 0.717) is 12.0 Å². The molecule has 0 unspecified atom stereocenters. The molecule has 0 radical (unpaired) electrons. The molecular weight excluding hydrogens is 416 g/mol. The number of methoxy groups -OCH3 is 2. The zero-order valence-corrected chi connectivity index (χ0v) is 19.7. The summed E-state index contributed by atoms with van der Waals surface area (Å²) >= 11 is 0. The molecule has 3 aromatic rings.